The number of pyridine rings is 1. The van der Waals surface area contributed by atoms with Gasteiger partial charge in [-0.1, -0.05) is 20.8 Å². The van der Waals surface area contributed by atoms with E-state index >= 15 is 0 Å². The highest BCUT2D eigenvalue weighted by Crippen LogP contribution is 2.27. The lowest BCUT2D eigenvalue weighted by atomic mass is 9.98. The van der Waals surface area contributed by atoms with Crippen LogP contribution in [0.1, 0.15) is 50.4 Å². The highest BCUT2D eigenvalue weighted by Gasteiger charge is 2.20. The van der Waals surface area contributed by atoms with Gasteiger partial charge in [-0.2, -0.15) is 0 Å². The SMILES string of the molecule is Cc1cc(C)c(CNC(C)C)c(N2CCC(C)CC2)n1. The van der Waals surface area contributed by atoms with Gasteiger partial charge in [0.25, 0.3) is 0 Å². The second-order valence-electron chi connectivity index (χ2n) is 6.59. The summed E-state index contributed by atoms with van der Waals surface area (Å²) in [5.41, 5.74) is 3.86. The minimum Gasteiger partial charge on any atom is -0.356 e. The topological polar surface area (TPSA) is 28.2 Å². The van der Waals surface area contributed by atoms with Crippen LogP contribution in [0.4, 0.5) is 5.82 Å². The molecule has 1 aliphatic heterocycles. The minimum absolute atomic E-state index is 0.505. The first kappa shape index (κ1) is 15.3. The summed E-state index contributed by atoms with van der Waals surface area (Å²) in [6.45, 7) is 14.3. The predicted octanol–water partition coefficient (Wildman–Crippen LogP) is 3.43. The summed E-state index contributed by atoms with van der Waals surface area (Å²) < 4.78 is 0. The van der Waals surface area contributed by atoms with Crippen LogP contribution in [0.3, 0.4) is 0 Å². The van der Waals surface area contributed by atoms with Crippen molar-refractivity contribution in [1.29, 1.82) is 0 Å². The Morgan fingerprint density at radius 2 is 1.95 bits per heavy atom. The lowest BCUT2D eigenvalue weighted by molar-refractivity contribution is 0.435. The molecule has 1 saturated heterocycles. The van der Waals surface area contributed by atoms with E-state index in [1.165, 1.54) is 29.8 Å². The van der Waals surface area contributed by atoms with Crippen LogP contribution in [0.15, 0.2) is 6.07 Å². The van der Waals surface area contributed by atoms with Crippen molar-refractivity contribution in [3.63, 3.8) is 0 Å². The summed E-state index contributed by atoms with van der Waals surface area (Å²) >= 11 is 0. The van der Waals surface area contributed by atoms with Crippen LogP contribution < -0.4 is 10.2 Å². The number of rotatable bonds is 4. The molecule has 2 heterocycles. The molecule has 1 aliphatic rings. The standard InChI is InChI=1S/C17H29N3/c1-12(2)18-11-16-14(4)10-15(5)19-17(16)20-8-6-13(3)7-9-20/h10,12-13,18H,6-9,11H2,1-5H3. The third-order valence-corrected chi connectivity index (χ3v) is 4.22. The van der Waals surface area contributed by atoms with Gasteiger partial charge in [0.05, 0.1) is 0 Å². The van der Waals surface area contributed by atoms with E-state index in [2.05, 4.69) is 50.9 Å². The maximum Gasteiger partial charge on any atom is 0.133 e. The Bertz CT molecular complexity index is 446. The number of piperidine rings is 1. The molecule has 0 aliphatic carbocycles. The van der Waals surface area contributed by atoms with E-state index in [9.17, 15) is 0 Å². The lowest BCUT2D eigenvalue weighted by Gasteiger charge is -2.33. The van der Waals surface area contributed by atoms with Gasteiger partial charge < -0.3 is 10.2 Å². The predicted molar refractivity (Wildman–Crippen MR) is 86.3 cm³/mol. The van der Waals surface area contributed by atoms with Crippen molar-refractivity contribution in [3.05, 3.63) is 22.9 Å². The van der Waals surface area contributed by atoms with Crippen molar-refractivity contribution < 1.29 is 0 Å². The summed E-state index contributed by atoms with van der Waals surface area (Å²) in [5, 5.41) is 3.54. The van der Waals surface area contributed by atoms with Crippen molar-refractivity contribution in [2.24, 2.45) is 5.92 Å². The third-order valence-electron chi connectivity index (χ3n) is 4.22. The number of anilines is 1. The highest BCUT2D eigenvalue weighted by atomic mass is 15.2. The van der Waals surface area contributed by atoms with Gasteiger partial charge in [0.1, 0.15) is 5.82 Å². The quantitative estimate of drug-likeness (QED) is 0.912. The van der Waals surface area contributed by atoms with Crippen molar-refractivity contribution in [2.45, 2.75) is 60.0 Å². The fourth-order valence-electron chi connectivity index (χ4n) is 2.85. The summed E-state index contributed by atoms with van der Waals surface area (Å²) in [6.07, 6.45) is 2.57. The Balaban J connectivity index is 2.25. The molecule has 2 rings (SSSR count). The zero-order chi connectivity index (χ0) is 14.7. The van der Waals surface area contributed by atoms with Crippen LogP contribution >= 0.6 is 0 Å². The Labute approximate surface area is 123 Å². The first-order chi connectivity index (χ1) is 9.47. The van der Waals surface area contributed by atoms with Gasteiger partial charge in [-0.3, -0.25) is 0 Å². The molecule has 0 saturated carbocycles. The first-order valence-electron chi connectivity index (χ1n) is 7.92. The van der Waals surface area contributed by atoms with Gasteiger partial charge in [0.15, 0.2) is 0 Å². The number of aromatic nitrogens is 1. The molecular weight excluding hydrogens is 246 g/mol. The van der Waals surface area contributed by atoms with Crippen LogP contribution in [0, 0.1) is 19.8 Å². The molecular formula is C17H29N3. The van der Waals surface area contributed by atoms with Crippen LogP contribution in [-0.2, 0) is 6.54 Å². The van der Waals surface area contributed by atoms with Crippen molar-refractivity contribution in [2.75, 3.05) is 18.0 Å². The fourth-order valence-corrected chi connectivity index (χ4v) is 2.85. The van der Waals surface area contributed by atoms with Crippen molar-refractivity contribution in [3.8, 4) is 0 Å². The molecule has 0 aromatic carbocycles. The van der Waals surface area contributed by atoms with E-state index in [0.717, 1.165) is 31.2 Å². The molecule has 0 bridgehead atoms. The molecule has 1 aromatic heterocycles. The molecule has 1 fully saturated rings. The van der Waals surface area contributed by atoms with Crippen molar-refractivity contribution >= 4 is 5.82 Å². The molecule has 0 amide bonds. The van der Waals surface area contributed by atoms with E-state index in [1.54, 1.807) is 0 Å². The lowest BCUT2D eigenvalue weighted by Crippen LogP contribution is -2.35. The molecule has 3 heteroatoms. The van der Waals surface area contributed by atoms with E-state index in [-0.39, 0.29) is 0 Å². The highest BCUT2D eigenvalue weighted by molar-refractivity contribution is 5.52. The average molecular weight is 275 g/mol. The summed E-state index contributed by atoms with van der Waals surface area (Å²) in [5.74, 6) is 2.07. The fraction of sp³-hybridized carbons (Fsp3) is 0.706. The maximum absolute atomic E-state index is 4.85. The largest absolute Gasteiger partial charge is 0.356 e. The third kappa shape index (κ3) is 3.72. The number of nitrogens with one attached hydrogen (secondary N) is 1. The molecule has 0 unspecified atom stereocenters. The van der Waals surface area contributed by atoms with Crippen LogP contribution in [0.5, 0.6) is 0 Å². The molecule has 3 nitrogen and oxygen atoms in total. The summed E-state index contributed by atoms with van der Waals surface area (Å²) in [6, 6.07) is 2.71. The number of hydrogen-bond donors (Lipinski definition) is 1. The number of nitrogens with zero attached hydrogens (tertiary/aromatic N) is 2. The van der Waals surface area contributed by atoms with E-state index in [4.69, 9.17) is 4.98 Å². The smallest absolute Gasteiger partial charge is 0.133 e. The molecule has 1 aromatic rings. The van der Waals surface area contributed by atoms with Gasteiger partial charge in [-0.15, -0.1) is 0 Å². The molecule has 112 valence electrons. The number of hydrogen-bond acceptors (Lipinski definition) is 3. The summed E-state index contributed by atoms with van der Waals surface area (Å²) in [4.78, 5) is 7.33. The Morgan fingerprint density at radius 1 is 1.30 bits per heavy atom. The van der Waals surface area contributed by atoms with Gasteiger partial charge in [0, 0.05) is 36.9 Å². The maximum atomic E-state index is 4.85. The summed E-state index contributed by atoms with van der Waals surface area (Å²) in [7, 11) is 0. The molecule has 0 atom stereocenters. The number of aryl methyl sites for hydroxylation is 2. The Hall–Kier alpha value is -1.09. The van der Waals surface area contributed by atoms with E-state index in [0.29, 0.717) is 6.04 Å². The normalized spacial score (nSPS) is 17.0. The average Bonchev–Trinajstić information content (AvgIpc) is 2.37. The second-order valence-corrected chi connectivity index (χ2v) is 6.59. The monoisotopic (exact) mass is 275 g/mol. The zero-order valence-electron chi connectivity index (χ0n) is 13.7. The van der Waals surface area contributed by atoms with Gasteiger partial charge in [-0.25, -0.2) is 4.98 Å². The van der Waals surface area contributed by atoms with Gasteiger partial charge in [-0.05, 0) is 44.2 Å². The van der Waals surface area contributed by atoms with E-state index in [1.807, 2.05) is 0 Å². The second kappa shape index (κ2) is 6.57. The van der Waals surface area contributed by atoms with Crippen LogP contribution in [-0.4, -0.2) is 24.1 Å². The zero-order valence-corrected chi connectivity index (χ0v) is 13.7. The van der Waals surface area contributed by atoms with Crippen LogP contribution in [0.25, 0.3) is 0 Å². The van der Waals surface area contributed by atoms with Gasteiger partial charge in [0.2, 0.25) is 0 Å². The molecule has 0 radical (unpaired) electrons. The van der Waals surface area contributed by atoms with E-state index < -0.39 is 0 Å². The molecule has 1 N–H and O–H groups in total. The molecule has 20 heavy (non-hydrogen) atoms. The van der Waals surface area contributed by atoms with Crippen molar-refractivity contribution in [1.82, 2.24) is 10.3 Å². The minimum atomic E-state index is 0.505. The Morgan fingerprint density at radius 3 is 2.55 bits per heavy atom. The Kier molecular flexibility index (Phi) is 5.03. The van der Waals surface area contributed by atoms with Crippen LogP contribution in [0.2, 0.25) is 0 Å². The molecule has 0 spiro atoms. The van der Waals surface area contributed by atoms with Gasteiger partial charge >= 0.3 is 0 Å². The first-order valence-corrected chi connectivity index (χ1v) is 7.92.